The van der Waals surface area contributed by atoms with Crippen molar-refractivity contribution in [2.24, 2.45) is 23.2 Å². The maximum absolute atomic E-state index is 12.5. The van der Waals surface area contributed by atoms with Gasteiger partial charge in [-0.15, -0.1) is 0 Å². The van der Waals surface area contributed by atoms with Crippen LogP contribution in [0.3, 0.4) is 0 Å². The van der Waals surface area contributed by atoms with E-state index >= 15 is 0 Å². The molecule has 0 radical (unpaired) electrons. The first-order valence-corrected chi connectivity index (χ1v) is 9.15. The first-order chi connectivity index (χ1) is 10.8. The smallest absolute Gasteiger partial charge is 0.144 e. The summed E-state index contributed by atoms with van der Waals surface area (Å²) in [6, 6.07) is 0. The normalized spacial score (nSPS) is 44.3. The Morgan fingerprint density at radius 3 is 2.91 bits per heavy atom. The molecule has 0 N–H and O–H groups in total. The maximum Gasteiger partial charge on any atom is 0.144 e. The maximum atomic E-state index is 12.5. The summed E-state index contributed by atoms with van der Waals surface area (Å²) in [5.41, 5.74) is 8.63. The number of rotatable bonds is 0. The van der Waals surface area contributed by atoms with E-state index in [2.05, 4.69) is 18.2 Å². The molecule has 9 aliphatic rings. The van der Waals surface area contributed by atoms with Crippen LogP contribution in [0.4, 0.5) is 0 Å². The van der Waals surface area contributed by atoms with Crippen LogP contribution in [-0.4, -0.2) is 5.78 Å². The molecule has 0 heterocycles. The second-order valence-electron chi connectivity index (χ2n) is 8.34. The van der Waals surface area contributed by atoms with Crippen molar-refractivity contribution in [3.8, 4) is 0 Å². The Balaban J connectivity index is 1.70. The third-order valence-corrected chi connectivity index (χ3v) is 7.70. The summed E-state index contributed by atoms with van der Waals surface area (Å²) in [5, 5.41) is 0. The predicted octanol–water partition coefficient (Wildman–Crippen LogP) is 4.67. The lowest BCUT2D eigenvalue weighted by Crippen LogP contribution is -2.33. The van der Waals surface area contributed by atoms with Crippen LogP contribution < -0.4 is 0 Å². The van der Waals surface area contributed by atoms with Crippen molar-refractivity contribution in [1.82, 2.24) is 0 Å². The van der Waals surface area contributed by atoms with Crippen LogP contribution in [0.1, 0.15) is 51.4 Å². The van der Waals surface area contributed by atoms with E-state index in [0.29, 0.717) is 17.1 Å². The van der Waals surface area contributed by atoms with E-state index in [9.17, 15) is 4.79 Å². The van der Waals surface area contributed by atoms with Gasteiger partial charge < -0.3 is 0 Å². The second-order valence-corrected chi connectivity index (χ2v) is 8.34. The minimum Gasteiger partial charge on any atom is -0.299 e. The zero-order chi connectivity index (χ0) is 14.5. The summed E-state index contributed by atoms with van der Waals surface area (Å²) in [6.07, 6.45) is 16.9. The van der Waals surface area contributed by atoms with E-state index in [1.54, 1.807) is 5.57 Å². The van der Waals surface area contributed by atoms with Crippen molar-refractivity contribution in [3.63, 3.8) is 0 Å². The fraction of sp³-hybridized carbons (Fsp3) is 0.571. The lowest BCUT2D eigenvalue weighted by atomic mass is 9.60. The van der Waals surface area contributed by atoms with Crippen LogP contribution in [0.15, 0.2) is 46.1 Å². The molecule has 1 saturated carbocycles. The number of allylic oxidation sites excluding steroid dienone is 8. The monoisotopic (exact) mass is 290 g/mol. The molecule has 22 heavy (non-hydrogen) atoms. The van der Waals surface area contributed by atoms with Gasteiger partial charge in [-0.05, 0) is 67.9 Å². The SMILES string of the molecule is O=C1CCC2=C3C=CC(=CC13)C1CCC3=C(C1)C1CCC32C1. The predicted molar refractivity (Wildman–Crippen MR) is 86.1 cm³/mol. The Morgan fingerprint density at radius 1 is 1.00 bits per heavy atom. The number of carbonyl (C=O) groups excluding carboxylic acids is 1. The minimum atomic E-state index is 0.0983. The number of Topliss-reactive ketones (excluding diaryl/α,β-unsaturated/α-hetero) is 1. The number of ketones is 1. The van der Waals surface area contributed by atoms with Gasteiger partial charge in [0.2, 0.25) is 0 Å². The van der Waals surface area contributed by atoms with Gasteiger partial charge in [0.15, 0.2) is 0 Å². The first-order valence-electron chi connectivity index (χ1n) is 9.15. The first kappa shape index (κ1) is 12.1. The minimum absolute atomic E-state index is 0.0983. The lowest BCUT2D eigenvalue weighted by molar-refractivity contribution is -0.121. The largest absolute Gasteiger partial charge is 0.299 e. The number of carbonyl (C=O) groups is 1. The van der Waals surface area contributed by atoms with Crippen molar-refractivity contribution in [3.05, 3.63) is 46.1 Å². The number of hydrogen-bond acceptors (Lipinski definition) is 1. The molecule has 112 valence electrons. The fourth-order valence-electron chi connectivity index (χ4n) is 6.81. The van der Waals surface area contributed by atoms with Gasteiger partial charge in [-0.2, -0.15) is 0 Å². The van der Waals surface area contributed by atoms with Crippen molar-refractivity contribution in [1.29, 1.82) is 0 Å². The van der Waals surface area contributed by atoms with E-state index in [4.69, 9.17) is 0 Å². The molecule has 9 aliphatic carbocycles. The summed E-state index contributed by atoms with van der Waals surface area (Å²) < 4.78 is 0. The van der Waals surface area contributed by atoms with E-state index in [-0.39, 0.29) is 5.92 Å². The van der Waals surface area contributed by atoms with Crippen molar-refractivity contribution >= 4 is 5.78 Å². The number of hydrogen-bond donors (Lipinski definition) is 0. The molecule has 1 spiro atoms. The summed E-state index contributed by atoms with van der Waals surface area (Å²) in [7, 11) is 0. The Kier molecular flexibility index (Phi) is 2.06. The Morgan fingerprint density at radius 2 is 1.95 bits per heavy atom. The quantitative estimate of drug-likeness (QED) is 0.593. The molecule has 0 aromatic heterocycles. The highest BCUT2D eigenvalue weighted by molar-refractivity contribution is 5.89. The Labute approximate surface area is 131 Å². The molecule has 1 fully saturated rings. The molecule has 1 heteroatoms. The zero-order valence-corrected chi connectivity index (χ0v) is 13.0. The van der Waals surface area contributed by atoms with Crippen molar-refractivity contribution in [2.45, 2.75) is 51.4 Å². The zero-order valence-electron chi connectivity index (χ0n) is 13.0. The molecule has 9 rings (SSSR count). The van der Waals surface area contributed by atoms with Gasteiger partial charge in [0, 0.05) is 11.8 Å². The van der Waals surface area contributed by atoms with Gasteiger partial charge in [0.1, 0.15) is 5.78 Å². The average Bonchev–Trinajstić information content (AvgIpc) is 3.12. The number of fused-ring (bicyclic) bond motifs is 1. The molecule has 0 aromatic carbocycles. The van der Waals surface area contributed by atoms with Gasteiger partial charge >= 0.3 is 0 Å². The third-order valence-electron chi connectivity index (χ3n) is 7.70. The van der Waals surface area contributed by atoms with Crippen LogP contribution in [0.5, 0.6) is 0 Å². The molecule has 0 aliphatic heterocycles. The van der Waals surface area contributed by atoms with Gasteiger partial charge in [-0.3, -0.25) is 4.79 Å². The van der Waals surface area contributed by atoms with Crippen LogP contribution in [0.25, 0.3) is 0 Å². The van der Waals surface area contributed by atoms with E-state index in [1.165, 1.54) is 49.7 Å². The summed E-state index contributed by atoms with van der Waals surface area (Å²) in [5.74, 6) is 2.13. The standard InChI is InChI=1S/C21H22O/c22-20-6-5-18-15-3-1-12(10-17(15)20)13-2-4-19-16(9-13)14-7-8-21(18,19)11-14/h1,3,10,13-14,17H,2,4-9,11H2. The molecule has 0 amide bonds. The summed E-state index contributed by atoms with van der Waals surface area (Å²) in [6.45, 7) is 0. The van der Waals surface area contributed by atoms with Gasteiger partial charge in [0.05, 0.1) is 5.92 Å². The molecule has 1 nitrogen and oxygen atoms in total. The van der Waals surface area contributed by atoms with Gasteiger partial charge in [0.25, 0.3) is 0 Å². The van der Waals surface area contributed by atoms with E-state index in [1.807, 2.05) is 11.1 Å². The second kappa shape index (κ2) is 3.75. The van der Waals surface area contributed by atoms with Crippen molar-refractivity contribution < 1.29 is 4.79 Å². The lowest BCUT2D eigenvalue weighted by Gasteiger charge is -2.44. The van der Waals surface area contributed by atoms with Crippen LogP contribution >= 0.6 is 0 Å². The molecular weight excluding hydrogens is 268 g/mol. The third kappa shape index (κ3) is 1.23. The van der Waals surface area contributed by atoms with E-state index in [0.717, 1.165) is 18.8 Å². The molecule has 0 saturated heterocycles. The molecule has 4 unspecified atom stereocenters. The highest BCUT2D eigenvalue weighted by Gasteiger charge is 2.55. The van der Waals surface area contributed by atoms with E-state index < -0.39 is 0 Å². The van der Waals surface area contributed by atoms with Gasteiger partial charge in [-0.1, -0.05) is 34.9 Å². The topological polar surface area (TPSA) is 17.1 Å². The molecular formula is C21H22O. The fourth-order valence-corrected chi connectivity index (χ4v) is 6.81. The molecule has 0 aromatic rings. The summed E-state index contributed by atoms with van der Waals surface area (Å²) >= 11 is 0. The van der Waals surface area contributed by atoms with Crippen LogP contribution in [-0.2, 0) is 4.79 Å². The summed E-state index contributed by atoms with van der Waals surface area (Å²) in [4.78, 5) is 12.5. The Hall–Kier alpha value is -1.37. The van der Waals surface area contributed by atoms with Crippen molar-refractivity contribution in [2.75, 3.05) is 0 Å². The molecule has 9 bridgehead atoms. The highest BCUT2D eigenvalue weighted by atomic mass is 16.1. The molecule has 4 atom stereocenters. The average molecular weight is 290 g/mol. The van der Waals surface area contributed by atoms with Gasteiger partial charge in [-0.25, -0.2) is 0 Å². The Bertz CT molecular complexity index is 744. The van der Waals surface area contributed by atoms with Crippen LogP contribution in [0, 0.1) is 23.2 Å². The highest BCUT2D eigenvalue weighted by Crippen LogP contribution is 2.67. The van der Waals surface area contributed by atoms with Crippen LogP contribution in [0.2, 0.25) is 0 Å².